The average molecular weight is 318 g/mol. The van der Waals surface area contributed by atoms with Crippen LogP contribution in [0.4, 0.5) is 5.95 Å². The first-order valence-electron chi connectivity index (χ1n) is 6.87. The number of carbonyl (C=O) groups is 2. The Labute approximate surface area is 133 Å². The van der Waals surface area contributed by atoms with Crippen molar-refractivity contribution >= 4 is 17.8 Å². The summed E-state index contributed by atoms with van der Waals surface area (Å²) in [5.74, 6) is -0.471. The van der Waals surface area contributed by atoms with Gasteiger partial charge in [0.15, 0.2) is 0 Å². The molecule has 0 atom stereocenters. The van der Waals surface area contributed by atoms with E-state index in [9.17, 15) is 9.59 Å². The molecule has 122 valence electrons. The fourth-order valence-electron chi connectivity index (χ4n) is 1.98. The van der Waals surface area contributed by atoms with Gasteiger partial charge in [-0.1, -0.05) is 0 Å². The Hall–Kier alpha value is -2.97. The van der Waals surface area contributed by atoms with E-state index in [1.165, 1.54) is 18.0 Å². The van der Waals surface area contributed by atoms with Crippen molar-refractivity contribution < 1.29 is 14.3 Å². The molecule has 0 aliphatic rings. The van der Waals surface area contributed by atoms with Gasteiger partial charge in [-0.25, -0.2) is 9.97 Å². The van der Waals surface area contributed by atoms with Crippen molar-refractivity contribution in [2.75, 3.05) is 19.0 Å². The molecule has 0 spiro atoms. The summed E-state index contributed by atoms with van der Waals surface area (Å²) < 4.78 is 6.46. The maximum Gasteiger partial charge on any atom is 0.258 e. The molecule has 2 heterocycles. The molecule has 23 heavy (non-hydrogen) atoms. The molecule has 2 rings (SSSR count). The Morgan fingerprint density at radius 2 is 1.91 bits per heavy atom. The summed E-state index contributed by atoms with van der Waals surface area (Å²) in [6, 6.07) is 1.80. The van der Waals surface area contributed by atoms with Gasteiger partial charge < -0.3 is 10.1 Å². The quantitative estimate of drug-likeness (QED) is 0.815. The lowest BCUT2D eigenvalue weighted by atomic mass is 10.3. The summed E-state index contributed by atoms with van der Waals surface area (Å²) in [6.45, 7) is 3.40. The molecule has 0 aliphatic carbocycles. The Kier molecular flexibility index (Phi) is 4.89. The Bertz CT molecular complexity index is 720. The van der Waals surface area contributed by atoms with Crippen molar-refractivity contribution in [1.82, 2.24) is 25.1 Å². The van der Waals surface area contributed by atoms with Crippen LogP contribution in [0.25, 0.3) is 0 Å². The molecule has 0 fully saturated rings. The number of aryl methyl sites for hydroxylation is 3. The van der Waals surface area contributed by atoms with Crippen LogP contribution in [0.2, 0.25) is 0 Å². The van der Waals surface area contributed by atoms with E-state index in [0.29, 0.717) is 0 Å². The fraction of sp³-hybridized carbons (Fsp3) is 0.357. The largest absolute Gasteiger partial charge is 0.479 e. The highest BCUT2D eigenvalue weighted by Gasteiger charge is 2.17. The van der Waals surface area contributed by atoms with Gasteiger partial charge in [-0.05, 0) is 19.9 Å². The number of carbonyl (C=O) groups excluding carboxylic acids is 2. The minimum Gasteiger partial charge on any atom is -0.479 e. The number of aromatic nitrogens is 4. The van der Waals surface area contributed by atoms with Crippen LogP contribution in [-0.2, 0) is 11.8 Å². The SMILES string of the molecule is COc1nn(C)cc1C(=O)NCC(=O)Nc1nc(C)cc(C)n1. The van der Waals surface area contributed by atoms with E-state index in [2.05, 4.69) is 25.7 Å². The van der Waals surface area contributed by atoms with Crippen LogP contribution in [0.3, 0.4) is 0 Å². The molecule has 0 saturated heterocycles. The lowest BCUT2D eigenvalue weighted by Gasteiger charge is -2.07. The first-order chi connectivity index (χ1) is 10.9. The summed E-state index contributed by atoms with van der Waals surface area (Å²) in [6.07, 6.45) is 1.51. The van der Waals surface area contributed by atoms with E-state index in [1.54, 1.807) is 27.0 Å². The monoisotopic (exact) mass is 318 g/mol. The second-order valence-electron chi connectivity index (χ2n) is 4.93. The van der Waals surface area contributed by atoms with Gasteiger partial charge in [0.05, 0.1) is 13.7 Å². The van der Waals surface area contributed by atoms with E-state index in [-0.39, 0.29) is 23.9 Å². The van der Waals surface area contributed by atoms with Crippen LogP contribution < -0.4 is 15.4 Å². The number of amides is 2. The van der Waals surface area contributed by atoms with Crippen LogP contribution in [0.5, 0.6) is 5.88 Å². The molecule has 0 aliphatic heterocycles. The summed E-state index contributed by atoms with van der Waals surface area (Å²) in [5, 5.41) is 9.01. The molecular weight excluding hydrogens is 300 g/mol. The van der Waals surface area contributed by atoms with Gasteiger partial charge in [-0.15, -0.1) is 5.10 Å². The summed E-state index contributed by atoms with van der Waals surface area (Å²) in [5.41, 5.74) is 1.75. The molecule has 2 aromatic heterocycles. The van der Waals surface area contributed by atoms with Gasteiger partial charge in [0.1, 0.15) is 5.56 Å². The van der Waals surface area contributed by atoms with E-state index < -0.39 is 11.8 Å². The standard InChI is InChI=1S/C14H18N6O3/c1-8-5-9(2)17-14(16-8)18-11(21)6-15-12(22)10-7-20(3)19-13(10)23-4/h5,7H,6H2,1-4H3,(H,15,22)(H,16,17,18,21). The van der Waals surface area contributed by atoms with Crippen molar-refractivity contribution in [2.24, 2.45) is 7.05 Å². The summed E-state index contributed by atoms with van der Waals surface area (Å²) >= 11 is 0. The third-order valence-corrected chi connectivity index (χ3v) is 2.88. The van der Waals surface area contributed by atoms with Crippen molar-refractivity contribution in [1.29, 1.82) is 0 Å². The highest BCUT2D eigenvalue weighted by atomic mass is 16.5. The smallest absolute Gasteiger partial charge is 0.258 e. The number of anilines is 1. The molecule has 0 saturated carbocycles. The molecular formula is C14H18N6O3. The number of nitrogens with zero attached hydrogens (tertiary/aromatic N) is 4. The van der Waals surface area contributed by atoms with Crippen LogP contribution in [0.15, 0.2) is 12.3 Å². The molecule has 0 unspecified atom stereocenters. The molecule has 9 heteroatoms. The van der Waals surface area contributed by atoms with Crippen molar-refractivity contribution in [3.05, 3.63) is 29.2 Å². The lowest BCUT2D eigenvalue weighted by molar-refractivity contribution is -0.115. The molecule has 0 bridgehead atoms. The van der Waals surface area contributed by atoms with Crippen molar-refractivity contribution in [3.8, 4) is 5.88 Å². The van der Waals surface area contributed by atoms with Gasteiger partial charge in [0.2, 0.25) is 17.7 Å². The number of hydrogen-bond donors (Lipinski definition) is 2. The third-order valence-electron chi connectivity index (χ3n) is 2.88. The topological polar surface area (TPSA) is 111 Å². The van der Waals surface area contributed by atoms with E-state index in [1.807, 2.05) is 0 Å². The second kappa shape index (κ2) is 6.86. The van der Waals surface area contributed by atoms with Gasteiger partial charge in [-0.2, -0.15) is 0 Å². The van der Waals surface area contributed by atoms with Crippen molar-refractivity contribution in [2.45, 2.75) is 13.8 Å². The highest BCUT2D eigenvalue weighted by molar-refractivity contribution is 6.00. The van der Waals surface area contributed by atoms with E-state index >= 15 is 0 Å². The molecule has 2 amide bonds. The zero-order valence-corrected chi connectivity index (χ0v) is 13.4. The van der Waals surface area contributed by atoms with Crippen LogP contribution in [-0.4, -0.2) is 45.2 Å². The molecule has 9 nitrogen and oxygen atoms in total. The predicted octanol–water partition coefficient (Wildman–Crippen LogP) is 0.204. The number of methoxy groups -OCH3 is 1. The number of rotatable bonds is 5. The maximum atomic E-state index is 12.0. The Morgan fingerprint density at radius 1 is 1.26 bits per heavy atom. The third kappa shape index (κ3) is 4.25. The predicted molar refractivity (Wildman–Crippen MR) is 82.2 cm³/mol. The summed E-state index contributed by atoms with van der Waals surface area (Å²) in [4.78, 5) is 32.1. The molecule has 2 aromatic rings. The normalized spacial score (nSPS) is 10.3. The molecule has 2 N–H and O–H groups in total. The van der Waals surface area contributed by atoms with Gasteiger partial charge >= 0.3 is 0 Å². The van der Waals surface area contributed by atoms with Gasteiger partial charge in [-0.3, -0.25) is 19.6 Å². The Morgan fingerprint density at radius 3 is 2.52 bits per heavy atom. The van der Waals surface area contributed by atoms with Gasteiger partial charge in [0, 0.05) is 24.6 Å². The average Bonchev–Trinajstić information content (AvgIpc) is 2.85. The fourth-order valence-corrected chi connectivity index (χ4v) is 1.98. The minimum absolute atomic E-state index is 0.197. The first kappa shape index (κ1) is 16.4. The zero-order valence-electron chi connectivity index (χ0n) is 13.4. The van der Waals surface area contributed by atoms with E-state index in [4.69, 9.17) is 4.74 Å². The maximum absolute atomic E-state index is 12.0. The number of ether oxygens (including phenoxy) is 1. The number of hydrogen-bond acceptors (Lipinski definition) is 6. The number of nitrogens with one attached hydrogen (secondary N) is 2. The highest BCUT2D eigenvalue weighted by Crippen LogP contribution is 2.14. The Balaban J connectivity index is 1.94. The van der Waals surface area contributed by atoms with Crippen LogP contribution in [0, 0.1) is 13.8 Å². The van der Waals surface area contributed by atoms with E-state index in [0.717, 1.165) is 11.4 Å². The first-order valence-corrected chi connectivity index (χ1v) is 6.87. The summed E-state index contributed by atoms with van der Waals surface area (Å²) in [7, 11) is 3.09. The zero-order chi connectivity index (χ0) is 17.0. The van der Waals surface area contributed by atoms with Crippen molar-refractivity contribution in [3.63, 3.8) is 0 Å². The minimum atomic E-state index is -0.452. The second-order valence-corrected chi connectivity index (χ2v) is 4.93. The lowest BCUT2D eigenvalue weighted by Crippen LogP contribution is -2.33. The molecule has 0 aromatic carbocycles. The van der Waals surface area contributed by atoms with Gasteiger partial charge in [0.25, 0.3) is 5.91 Å². The van der Waals surface area contributed by atoms with Crippen LogP contribution in [0.1, 0.15) is 21.7 Å². The molecule has 0 radical (unpaired) electrons. The van der Waals surface area contributed by atoms with Crippen LogP contribution >= 0.6 is 0 Å².